The molecule has 3 aromatic heterocycles. The van der Waals surface area contributed by atoms with Crippen molar-refractivity contribution >= 4 is 38.1 Å². The van der Waals surface area contributed by atoms with Crippen LogP contribution in [0.2, 0.25) is 0 Å². The first kappa shape index (κ1) is 16.0. The minimum atomic E-state index is -1.96. The van der Waals surface area contributed by atoms with Crippen LogP contribution in [0, 0.1) is 23.3 Å². The first-order valence-electron chi connectivity index (χ1n) is 8.21. The lowest BCUT2D eigenvalue weighted by molar-refractivity contribution is 0.418. The van der Waals surface area contributed by atoms with E-state index in [4.69, 9.17) is 0 Å². The predicted octanol–water partition coefficient (Wildman–Crippen LogP) is 4.11. The van der Waals surface area contributed by atoms with Gasteiger partial charge in [-0.2, -0.15) is 0 Å². The van der Waals surface area contributed by atoms with Crippen LogP contribution in [0.4, 0.5) is 17.6 Å². The summed E-state index contributed by atoms with van der Waals surface area (Å²) in [5.41, 5.74) is -0.305. The molecule has 7 heteroatoms. The molecule has 0 amide bonds. The van der Waals surface area contributed by atoms with Crippen molar-refractivity contribution in [1.29, 1.82) is 0 Å². The Labute approximate surface area is 147 Å². The summed E-state index contributed by atoms with van der Waals surface area (Å²) in [7, 11) is 0. The van der Waals surface area contributed by atoms with Gasteiger partial charge in [-0.1, -0.05) is 6.92 Å². The van der Waals surface area contributed by atoms with Crippen LogP contribution in [0.3, 0.4) is 0 Å². The van der Waals surface area contributed by atoms with Crippen LogP contribution in [0.15, 0.2) is 33.9 Å². The summed E-state index contributed by atoms with van der Waals surface area (Å²) in [6, 6.07) is 5.34. The van der Waals surface area contributed by atoms with Gasteiger partial charge >= 0.3 is 0 Å². The van der Waals surface area contributed by atoms with Gasteiger partial charge in [0.1, 0.15) is 0 Å². The summed E-state index contributed by atoms with van der Waals surface area (Å²) >= 11 is 0. The molecule has 134 valence electrons. The highest BCUT2D eigenvalue weighted by Crippen LogP contribution is 2.37. The fraction of sp³-hybridized carbons (Fsp3) is 0.100. The highest BCUT2D eigenvalue weighted by Gasteiger charge is 2.27. The van der Waals surface area contributed by atoms with E-state index >= 15 is 0 Å². The van der Waals surface area contributed by atoms with Crippen molar-refractivity contribution in [3.63, 3.8) is 0 Å². The molecule has 0 saturated carbocycles. The Morgan fingerprint density at radius 2 is 1.19 bits per heavy atom. The standard InChI is InChI=1S/C20H9F4NO2/c1-2-7-3-8-12(26)5-10-14-15(17(22)19(24)18(23)16(14)21)11-6-13(27)9(4-7)20(8)25(10)11/h3-6H,2H2,1H3. The van der Waals surface area contributed by atoms with Crippen LogP contribution < -0.4 is 10.9 Å². The topological polar surface area (TPSA) is 38.5 Å². The zero-order chi connectivity index (χ0) is 19.2. The van der Waals surface area contributed by atoms with Crippen LogP contribution >= 0.6 is 0 Å². The van der Waals surface area contributed by atoms with E-state index in [0.29, 0.717) is 6.42 Å². The van der Waals surface area contributed by atoms with Gasteiger partial charge in [-0.15, -0.1) is 0 Å². The maximum atomic E-state index is 14.5. The Bertz CT molecular complexity index is 1430. The quantitative estimate of drug-likeness (QED) is 0.253. The van der Waals surface area contributed by atoms with E-state index < -0.39 is 44.9 Å². The third-order valence-corrected chi connectivity index (χ3v) is 5.13. The third-order valence-electron chi connectivity index (χ3n) is 5.13. The lowest BCUT2D eigenvalue weighted by Gasteiger charge is -2.09. The number of benzene rings is 2. The predicted molar refractivity (Wildman–Crippen MR) is 94.0 cm³/mol. The van der Waals surface area contributed by atoms with E-state index in [1.807, 2.05) is 6.92 Å². The zero-order valence-electron chi connectivity index (χ0n) is 13.8. The van der Waals surface area contributed by atoms with Gasteiger partial charge in [0.2, 0.25) is 0 Å². The average molecular weight is 371 g/mol. The van der Waals surface area contributed by atoms with E-state index in [1.54, 1.807) is 12.1 Å². The molecule has 3 nitrogen and oxygen atoms in total. The van der Waals surface area contributed by atoms with Gasteiger partial charge in [-0.05, 0) is 24.1 Å². The van der Waals surface area contributed by atoms with Crippen LogP contribution in [0.25, 0.3) is 38.1 Å². The summed E-state index contributed by atoms with van der Waals surface area (Å²) in [6.07, 6.45) is 0.577. The Morgan fingerprint density at radius 1 is 0.741 bits per heavy atom. The SMILES string of the molecule is CCc1cc2c(=O)cc3c4c(F)c(F)c(F)c(F)c4c4cc(=O)c(c1)c2n34. The summed E-state index contributed by atoms with van der Waals surface area (Å²) < 4.78 is 57.9. The number of hydrogen-bond acceptors (Lipinski definition) is 2. The van der Waals surface area contributed by atoms with Crippen molar-refractivity contribution in [1.82, 2.24) is 4.40 Å². The molecule has 0 atom stereocenters. The van der Waals surface area contributed by atoms with Gasteiger partial charge in [0.25, 0.3) is 0 Å². The molecule has 0 N–H and O–H groups in total. The molecule has 0 aliphatic heterocycles. The van der Waals surface area contributed by atoms with E-state index in [2.05, 4.69) is 0 Å². The normalized spacial score (nSPS) is 12.3. The van der Waals surface area contributed by atoms with E-state index in [-0.39, 0.29) is 27.3 Å². The molecular formula is C20H9F4NO2. The van der Waals surface area contributed by atoms with Crippen molar-refractivity contribution in [3.05, 3.63) is 73.5 Å². The largest absolute Gasteiger partial charge is 0.307 e. The molecule has 0 fully saturated rings. The van der Waals surface area contributed by atoms with Crippen molar-refractivity contribution in [2.75, 3.05) is 0 Å². The molecule has 0 unspecified atom stereocenters. The lowest BCUT2D eigenvalue weighted by Crippen LogP contribution is -2.11. The number of hydrogen-bond donors (Lipinski definition) is 0. The van der Waals surface area contributed by atoms with Gasteiger partial charge < -0.3 is 4.40 Å². The molecule has 0 aliphatic carbocycles. The second-order valence-corrected chi connectivity index (χ2v) is 6.52. The van der Waals surface area contributed by atoms with Crippen molar-refractivity contribution < 1.29 is 17.6 Å². The molecular weight excluding hydrogens is 362 g/mol. The molecule has 5 aromatic rings. The number of aromatic nitrogens is 1. The maximum absolute atomic E-state index is 14.5. The van der Waals surface area contributed by atoms with Crippen molar-refractivity contribution in [2.24, 2.45) is 0 Å². The van der Waals surface area contributed by atoms with Crippen molar-refractivity contribution in [3.8, 4) is 0 Å². The number of nitrogens with zero attached hydrogens (tertiary/aromatic N) is 1. The first-order chi connectivity index (χ1) is 12.8. The fourth-order valence-corrected chi connectivity index (χ4v) is 3.90. The highest BCUT2D eigenvalue weighted by molar-refractivity contribution is 6.14. The van der Waals surface area contributed by atoms with Crippen LogP contribution in [-0.4, -0.2) is 4.40 Å². The Hall–Kier alpha value is -3.22. The Balaban J connectivity index is 2.26. The molecule has 0 aliphatic rings. The van der Waals surface area contributed by atoms with E-state index in [1.165, 1.54) is 4.40 Å². The molecule has 5 rings (SSSR count). The van der Waals surface area contributed by atoms with Gasteiger partial charge in [-0.25, -0.2) is 17.6 Å². The number of rotatable bonds is 1. The van der Waals surface area contributed by atoms with E-state index in [0.717, 1.165) is 17.7 Å². The number of aryl methyl sites for hydroxylation is 1. The molecule has 0 saturated heterocycles. The highest BCUT2D eigenvalue weighted by atomic mass is 19.2. The Kier molecular flexibility index (Phi) is 2.92. The van der Waals surface area contributed by atoms with Crippen LogP contribution in [0.1, 0.15) is 12.5 Å². The van der Waals surface area contributed by atoms with Crippen LogP contribution in [0.5, 0.6) is 0 Å². The van der Waals surface area contributed by atoms with Crippen LogP contribution in [-0.2, 0) is 6.42 Å². The fourth-order valence-electron chi connectivity index (χ4n) is 3.90. The van der Waals surface area contributed by atoms with Gasteiger partial charge in [0, 0.05) is 22.9 Å². The second kappa shape index (κ2) is 4.94. The number of pyridine rings is 2. The molecule has 0 radical (unpaired) electrons. The Morgan fingerprint density at radius 3 is 1.59 bits per heavy atom. The zero-order valence-corrected chi connectivity index (χ0v) is 13.8. The smallest absolute Gasteiger partial charge is 0.198 e. The maximum Gasteiger partial charge on any atom is 0.198 e. The molecule has 27 heavy (non-hydrogen) atoms. The summed E-state index contributed by atoms with van der Waals surface area (Å²) in [5, 5.41) is -0.697. The third kappa shape index (κ3) is 1.76. The number of fused-ring (bicyclic) bond motifs is 3. The summed E-state index contributed by atoms with van der Waals surface area (Å²) in [6.45, 7) is 1.86. The van der Waals surface area contributed by atoms with Gasteiger partial charge in [0.05, 0.1) is 27.3 Å². The minimum absolute atomic E-state index is 0.109. The average Bonchev–Trinajstić information content (AvgIpc) is 2.98. The summed E-state index contributed by atoms with van der Waals surface area (Å²) in [5.74, 6) is -7.11. The first-order valence-corrected chi connectivity index (χ1v) is 8.21. The molecule has 2 aromatic carbocycles. The minimum Gasteiger partial charge on any atom is -0.307 e. The lowest BCUT2D eigenvalue weighted by atomic mass is 10.0. The monoisotopic (exact) mass is 371 g/mol. The summed E-state index contributed by atoms with van der Waals surface area (Å²) in [4.78, 5) is 25.3. The second-order valence-electron chi connectivity index (χ2n) is 6.52. The van der Waals surface area contributed by atoms with E-state index in [9.17, 15) is 27.2 Å². The van der Waals surface area contributed by atoms with Crippen molar-refractivity contribution in [2.45, 2.75) is 13.3 Å². The van der Waals surface area contributed by atoms with Gasteiger partial charge in [0.15, 0.2) is 34.1 Å². The molecule has 3 heterocycles. The van der Waals surface area contributed by atoms with Gasteiger partial charge in [-0.3, -0.25) is 9.59 Å². The molecule has 0 bridgehead atoms. The number of halogens is 4. The molecule has 0 spiro atoms.